The molecule has 1 aromatic rings. The number of hydrogen-bond donors (Lipinski definition) is 4. The Morgan fingerprint density at radius 2 is 1.95 bits per heavy atom. The van der Waals surface area contributed by atoms with Gasteiger partial charge in [0.25, 0.3) is 0 Å². The molecule has 0 fully saturated rings. The van der Waals surface area contributed by atoms with Crippen LogP contribution >= 0.6 is 0 Å². The molecule has 1 unspecified atom stereocenters. The lowest BCUT2D eigenvalue weighted by Crippen LogP contribution is -2.43. The standard InChI is InChI=1S/C14H19N3O3/c1-8(2)13(14(19)20)17-12(18)6-3-9-7-10(15)4-5-11(9)16/h3-8,13H,15-16H2,1-2H3,(H,17,18)(H,19,20). The van der Waals surface area contributed by atoms with Gasteiger partial charge in [-0.05, 0) is 35.8 Å². The van der Waals surface area contributed by atoms with Crippen LogP contribution in [0.3, 0.4) is 0 Å². The number of amides is 1. The first kappa shape index (κ1) is 15.6. The Balaban J connectivity index is 2.77. The van der Waals surface area contributed by atoms with Gasteiger partial charge < -0.3 is 21.9 Å². The lowest BCUT2D eigenvalue weighted by Gasteiger charge is -2.16. The van der Waals surface area contributed by atoms with E-state index in [0.717, 1.165) is 0 Å². The fourth-order valence-corrected chi connectivity index (χ4v) is 1.62. The summed E-state index contributed by atoms with van der Waals surface area (Å²) in [5.74, 6) is -1.76. The molecule has 0 aliphatic heterocycles. The molecule has 0 aliphatic carbocycles. The summed E-state index contributed by atoms with van der Waals surface area (Å²) in [7, 11) is 0. The van der Waals surface area contributed by atoms with Gasteiger partial charge >= 0.3 is 5.97 Å². The van der Waals surface area contributed by atoms with E-state index in [1.807, 2.05) is 0 Å². The van der Waals surface area contributed by atoms with Crippen molar-refractivity contribution in [2.75, 3.05) is 11.5 Å². The highest BCUT2D eigenvalue weighted by Gasteiger charge is 2.22. The summed E-state index contributed by atoms with van der Waals surface area (Å²) in [5, 5.41) is 11.4. The molecule has 6 heteroatoms. The molecule has 0 spiro atoms. The molecular formula is C14H19N3O3. The zero-order chi connectivity index (χ0) is 15.3. The monoisotopic (exact) mass is 277 g/mol. The summed E-state index contributed by atoms with van der Waals surface area (Å²) in [5.41, 5.74) is 13.0. The number of benzene rings is 1. The van der Waals surface area contributed by atoms with E-state index in [9.17, 15) is 9.59 Å². The number of nitrogen functional groups attached to an aromatic ring is 2. The number of carboxylic acids is 1. The highest BCUT2D eigenvalue weighted by Crippen LogP contribution is 2.16. The molecule has 0 heterocycles. The molecule has 6 nitrogen and oxygen atoms in total. The Kier molecular flexibility index (Phi) is 5.14. The maximum Gasteiger partial charge on any atom is 0.326 e. The number of carbonyl (C=O) groups is 2. The molecule has 0 aliphatic rings. The summed E-state index contributed by atoms with van der Waals surface area (Å²) < 4.78 is 0. The summed E-state index contributed by atoms with van der Waals surface area (Å²) in [6.07, 6.45) is 2.74. The SMILES string of the molecule is CC(C)C(NC(=O)C=Cc1cc(N)ccc1N)C(=O)O. The molecule has 1 aromatic carbocycles. The topological polar surface area (TPSA) is 118 Å². The van der Waals surface area contributed by atoms with E-state index >= 15 is 0 Å². The van der Waals surface area contributed by atoms with Crippen LogP contribution in [0.2, 0.25) is 0 Å². The normalized spacial score (nSPS) is 12.6. The van der Waals surface area contributed by atoms with Crippen molar-refractivity contribution in [1.29, 1.82) is 0 Å². The van der Waals surface area contributed by atoms with Gasteiger partial charge in [-0.3, -0.25) is 4.79 Å². The van der Waals surface area contributed by atoms with Crippen LogP contribution in [0.25, 0.3) is 6.08 Å². The Hall–Kier alpha value is -2.50. The lowest BCUT2D eigenvalue weighted by molar-refractivity contribution is -0.142. The summed E-state index contributed by atoms with van der Waals surface area (Å²) in [6, 6.07) is 4.01. The van der Waals surface area contributed by atoms with Crippen LogP contribution in [0, 0.1) is 5.92 Å². The van der Waals surface area contributed by atoms with Gasteiger partial charge in [0, 0.05) is 17.5 Å². The molecule has 1 amide bonds. The van der Waals surface area contributed by atoms with E-state index in [1.165, 1.54) is 12.2 Å². The first-order valence-electron chi connectivity index (χ1n) is 6.17. The second kappa shape index (κ2) is 6.60. The van der Waals surface area contributed by atoms with Gasteiger partial charge in [-0.2, -0.15) is 0 Å². The second-order valence-electron chi connectivity index (χ2n) is 4.79. The third kappa shape index (κ3) is 4.31. The highest BCUT2D eigenvalue weighted by molar-refractivity contribution is 5.95. The van der Waals surface area contributed by atoms with Gasteiger partial charge in [0.1, 0.15) is 6.04 Å². The van der Waals surface area contributed by atoms with Crippen LogP contribution in [-0.4, -0.2) is 23.0 Å². The minimum atomic E-state index is -1.06. The van der Waals surface area contributed by atoms with Gasteiger partial charge in [-0.25, -0.2) is 4.79 Å². The molecule has 1 atom stereocenters. The van der Waals surface area contributed by atoms with Crippen molar-refractivity contribution in [3.63, 3.8) is 0 Å². The number of carboxylic acid groups (broad SMARTS) is 1. The Morgan fingerprint density at radius 3 is 2.50 bits per heavy atom. The maximum absolute atomic E-state index is 11.7. The minimum absolute atomic E-state index is 0.206. The van der Waals surface area contributed by atoms with Crippen molar-refractivity contribution in [3.05, 3.63) is 29.8 Å². The molecule has 0 saturated carbocycles. The number of carbonyl (C=O) groups excluding carboxylic acids is 1. The van der Waals surface area contributed by atoms with Gasteiger partial charge in [0.05, 0.1) is 0 Å². The Bertz CT molecular complexity index is 538. The zero-order valence-electron chi connectivity index (χ0n) is 11.5. The van der Waals surface area contributed by atoms with Crippen LogP contribution in [-0.2, 0) is 9.59 Å². The fraction of sp³-hybridized carbons (Fsp3) is 0.286. The molecular weight excluding hydrogens is 258 g/mol. The van der Waals surface area contributed by atoms with E-state index in [-0.39, 0.29) is 5.92 Å². The van der Waals surface area contributed by atoms with Gasteiger partial charge in [0.15, 0.2) is 0 Å². The van der Waals surface area contributed by atoms with Crippen LogP contribution in [0.15, 0.2) is 24.3 Å². The zero-order valence-corrected chi connectivity index (χ0v) is 11.5. The summed E-state index contributed by atoms with van der Waals surface area (Å²) >= 11 is 0. The molecule has 1 rings (SSSR count). The van der Waals surface area contributed by atoms with Crippen molar-refractivity contribution < 1.29 is 14.7 Å². The number of hydrogen-bond acceptors (Lipinski definition) is 4. The highest BCUT2D eigenvalue weighted by atomic mass is 16.4. The van der Waals surface area contributed by atoms with Crippen LogP contribution in [0.4, 0.5) is 11.4 Å². The van der Waals surface area contributed by atoms with E-state index < -0.39 is 17.9 Å². The quantitative estimate of drug-likeness (QED) is 0.474. The largest absolute Gasteiger partial charge is 0.480 e. The van der Waals surface area contributed by atoms with Crippen molar-refractivity contribution >= 4 is 29.3 Å². The lowest BCUT2D eigenvalue weighted by atomic mass is 10.0. The van der Waals surface area contributed by atoms with E-state index in [0.29, 0.717) is 16.9 Å². The molecule has 0 saturated heterocycles. The predicted molar refractivity (Wildman–Crippen MR) is 78.7 cm³/mol. The Morgan fingerprint density at radius 1 is 1.30 bits per heavy atom. The van der Waals surface area contributed by atoms with Crippen molar-refractivity contribution in [2.24, 2.45) is 5.92 Å². The molecule has 0 bridgehead atoms. The first-order valence-corrected chi connectivity index (χ1v) is 6.17. The fourth-order valence-electron chi connectivity index (χ4n) is 1.62. The Labute approximate surface area is 117 Å². The van der Waals surface area contributed by atoms with E-state index in [2.05, 4.69) is 5.32 Å². The minimum Gasteiger partial charge on any atom is -0.480 e. The van der Waals surface area contributed by atoms with E-state index in [4.69, 9.17) is 16.6 Å². The van der Waals surface area contributed by atoms with Crippen LogP contribution < -0.4 is 16.8 Å². The van der Waals surface area contributed by atoms with Crippen molar-refractivity contribution in [2.45, 2.75) is 19.9 Å². The molecule has 6 N–H and O–H groups in total. The smallest absolute Gasteiger partial charge is 0.326 e. The molecule has 20 heavy (non-hydrogen) atoms. The third-order valence-electron chi connectivity index (χ3n) is 2.76. The molecule has 0 radical (unpaired) electrons. The van der Waals surface area contributed by atoms with Crippen molar-refractivity contribution in [3.8, 4) is 0 Å². The van der Waals surface area contributed by atoms with Gasteiger partial charge in [-0.1, -0.05) is 13.8 Å². The predicted octanol–water partition coefficient (Wildman–Crippen LogP) is 1.09. The number of rotatable bonds is 5. The second-order valence-corrected chi connectivity index (χ2v) is 4.79. The number of aliphatic carboxylic acids is 1. The summed E-state index contributed by atoms with van der Waals surface area (Å²) in [6.45, 7) is 3.44. The number of nitrogens with two attached hydrogens (primary N) is 2. The molecule has 0 aromatic heterocycles. The maximum atomic E-state index is 11.7. The van der Waals surface area contributed by atoms with E-state index in [1.54, 1.807) is 32.0 Å². The molecule has 108 valence electrons. The number of anilines is 2. The average molecular weight is 277 g/mol. The average Bonchev–Trinajstić information content (AvgIpc) is 2.36. The van der Waals surface area contributed by atoms with Gasteiger partial charge in [0.2, 0.25) is 5.91 Å². The first-order chi connectivity index (χ1) is 9.31. The van der Waals surface area contributed by atoms with Crippen molar-refractivity contribution in [1.82, 2.24) is 5.32 Å². The van der Waals surface area contributed by atoms with Crippen LogP contribution in [0.1, 0.15) is 19.4 Å². The summed E-state index contributed by atoms with van der Waals surface area (Å²) in [4.78, 5) is 22.7. The van der Waals surface area contributed by atoms with Gasteiger partial charge in [-0.15, -0.1) is 0 Å². The number of nitrogens with one attached hydrogen (secondary N) is 1. The third-order valence-corrected chi connectivity index (χ3v) is 2.76. The van der Waals surface area contributed by atoms with Crippen LogP contribution in [0.5, 0.6) is 0 Å².